The lowest BCUT2D eigenvalue weighted by atomic mass is 10.2. The molecule has 1 amide bonds. The molecule has 0 heterocycles. The molecule has 0 saturated heterocycles. The van der Waals surface area contributed by atoms with Gasteiger partial charge in [0.05, 0.1) is 19.1 Å². The predicted molar refractivity (Wildman–Crippen MR) is 104 cm³/mol. The summed E-state index contributed by atoms with van der Waals surface area (Å²) in [5.74, 6) is -0.426. The van der Waals surface area contributed by atoms with E-state index in [1.807, 2.05) is 0 Å². The molecule has 0 unspecified atom stereocenters. The molecule has 0 bridgehead atoms. The highest BCUT2D eigenvalue weighted by atomic mass is 32.2. The van der Waals surface area contributed by atoms with Crippen LogP contribution in [0, 0.1) is 12.7 Å². The van der Waals surface area contributed by atoms with Gasteiger partial charge in [0, 0.05) is 11.4 Å². The number of hydrogen-bond acceptors (Lipinski definition) is 5. The molecule has 0 spiro atoms. The number of methoxy groups -OCH3 is 1. The van der Waals surface area contributed by atoms with Crippen LogP contribution in [0.2, 0.25) is 0 Å². The number of aryl methyl sites for hydroxylation is 1. The Morgan fingerprint density at radius 3 is 2.41 bits per heavy atom. The van der Waals surface area contributed by atoms with E-state index in [1.54, 1.807) is 38.1 Å². The second kappa shape index (κ2) is 8.26. The topological polar surface area (TPSA) is 96.5 Å². The zero-order valence-corrected chi connectivity index (χ0v) is 16.3. The number of amides is 1. The molecular formula is C18H22FN3O4S. The minimum absolute atomic E-state index is 0.248. The highest BCUT2D eigenvalue weighted by molar-refractivity contribution is 7.92. The van der Waals surface area contributed by atoms with E-state index < -0.39 is 21.9 Å². The lowest BCUT2D eigenvalue weighted by Gasteiger charge is -2.17. The van der Waals surface area contributed by atoms with Crippen LogP contribution in [0.4, 0.5) is 21.5 Å². The van der Waals surface area contributed by atoms with Gasteiger partial charge in [-0.15, -0.1) is 0 Å². The Balaban J connectivity index is 2.11. The smallest absolute Gasteiger partial charge is 0.246 e. The molecule has 2 aromatic carbocycles. The summed E-state index contributed by atoms with van der Waals surface area (Å²) >= 11 is 0. The van der Waals surface area contributed by atoms with E-state index in [4.69, 9.17) is 4.74 Å². The Morgan fingerprint density at radius 2 is 1.81 bits per heavy atom. The third kappa shape index (κ3) is 5.85. The Hall–Kier alpha value is -2.81. The quantitative estimate of drug-likeness (QED) is 0.670. The van der Waals surface area contributed by atoms with Crippen LogP contribution in [0.25, 0.3) is 0 Å². The molecule has 0 aliphatic carbocycles. The van der Waals surface area contributed by atoms with E-state index in [1.165, 1.54) is 19.2 Å². The van der Waals surface area contributed by atoms with E-state index in [0.717, 1.165) is 6.26 Å². The normalized spacial score (nSPS) is 12.2. The second-order valence-electron chi connectivity index (χ2n) is 6.11. The van der Waals surface area contributed by atoms with E-state index >= 15 is 0 Å². The second-order valence-corrected chi connectivity index (χ2v) is 7.86. The van der Waals surface area contributed by atoms with Crippen LogP contribution >= 0.6 is 0 Å². The summed E-state index contributed by atoms with van der Waals surface area (Å²) in [5.41, 5.74) is 1.60. The fourth-order valence-corrected chi connectivity index (χ4v) is 2.87. The van der Waals surface area contributed by atoms with Crippen LogP contribution in [0.5, 0.6) is 5.75 Å². The van der Waals surface area contributed by atoms with Gasteiger partial charge in [-0.25, -0.2) is 12.8 Å². The van der Waals surface area contributed by atoms with Gasteiger partial charge in [0.1, 0.15) is 17.6 Å². The Labute approximate surface area is 158 Å². The number of anilines is 3. The monoisotopic (exact) mass is 395 g/mol. The number of hydrogen-bond donors (Lipinski definition) is 3. The lowest BCUT2D eigenvalue weighted by molar-refractivity contribution is -0.116. The first-order valence-electron chi connectivity index (χ1n) is 8.08. The summed E-state index contributed by atoms with van der Waals surface area (Å²) < 4.78 is 44.0. The average molecular weight is 395 g/mol. The van der Waals surface area contributed by atoms with Gasteiger partial charge in [-0.05, 0) is 49.7 Å². The van der Waals surface area contributed by atoms with E-state index in [0.29, 0.717) is 22.7 Å². The molecule has 2 rings (SSSR count). The number of carbonyl (C=O) groups is 1. The van der Waals surface area contributed by atoms with Crippen LogP contribution in [0.1, 0.15) is 12.5 Å². The van der Waals surface area contributed by atoms with Crippen molar-refractivity contribution in [2.75, 3.05) is 28.7 Å². The van der Waals surface area contributed by atoms with Gasteiger partial charge < -0.3 is 15.4 Å². The molecule has 0 aliphatic heterocycles. The molecule has 27 heavy (non-hydrogen) atoms. The highest BCUT2D eigenvalue weighted by Gasteiger charge is 2.15. The molecule has 1 atom stereocenters. The van der Waals surface area contributed by atoms with Crippen LogP contribution in [0.3, 0.4) is 0 Å². The van der Waals surface area contributed by atoms with Crippen LogP contribution in [-0.2, 0) is 14.8 Å². The van der Waals surface area contributed by atoms with Crippen molar-refractivity contribution in [3.8, 4) is 5.75 Å². The minimum atomic E-state index is -3.49. The van der Waals surface area contributed by atoms with Gasteiger partial charge in [-0.1, -0.05) is 6.07 Å². The summed E-state index contributed by atoms with van der Waals surface area (Å²) in [7, 11) is -2.07. The van der Waals surface area contributed by atoms with Crippen molar-refractivity contribution in [3.63, 3.8) is 0 Å². The van der Waals surface area contributed by atoms with Crippen molar-refractivity contribution >= 4 is 33.0 Å². The maximum Gasteiger partial charge on any atom is 0.246 e. The molecule has 0 saturated carbocycles. The molecule has 146 valence electrons. The van der Waals surface area contributed by atoms with Gasteiger partial charge in [0.2, 0.25) is 15.9 Å². The summed E-state index contributed by atoms with van der Waals surface area (Å²) in [6.45, 7) is 3.27. The number of halogens is 1. The third-order valence-corrected chi connectivity index (χ3v) is 4.30. The van der Waals surface area contributed by atoms with Crippen LogP contribution in [0.15, 0.2) is 36.4 Å². The van der Waals surface area contributed by atoms with Gasteiger partial charge in [-0.3, -0.25) is 9.52 Å². The van der Waals surface area contributed by atoms with E-state index in [2.05, 4.69) is 15.4 Å². The van der Waals surface area contributed by atoms with Crippen molar-refractivity contribution in [1.29, 1.82) is 0 Å². The summed E-state index contributed by atoms with van der Waals surface area (Å²) in [4.78, 5) is 12.3. The van der Waals surface area contributed by atoms with Gasteiger partial charge >= 0.3 is 0 Å². The fraction of sp³-hybridized carbons (Fsp3) is 0.278. The average Bonchev–Trinajstić information content (AvgIpc) is 2.57. The first kappa shape index (κ1) is 20.5. The maximum absolute atomic E-state index is 13.6. The Morgan fingerprint density at radius 1 is 1.15 bits per heavy atom. The van der Waals surface area contributed by atoms with E-state index in [9.17, 15) is 17.6 Å². The molecule has 0 radical (unpaired) electrons. The van der Waals surface area contributed by atoms with Gasteiger partial charge in [0.25, 0.3) is 0 Å². The molecule has 0 aliphatic rings. The Kier molecular flexibility index (Phi) is 6.27. The van der Waals surface area contributed by atoms with Crippen molar-refractivity contribution in [1.82, 2.24) is 0 Å². The molecular weight excluding hydrogens is 373 g/mol. The largest absolute Gasteiger partial charge is 0.495 e. The van der Waals surface area contributed by atoms with Crippen molar-refractivity contribution in [3.05, 3.63) is 47.8 Å². The number of carbonyl (C=O) groups excluding carboxylic acids is 1. The zero-order chi connectivity index (χ0) is 20.2. The SMILES string of the molecule is COc1ccc(N[C@H](C)C(=O)Nc2ccc(C)c(F)c2)cc1NS(C)(=O)=O. The fourth-order valence-electron chi connectivity index (χ4n) is 2.31. The van der Waals surface area contributed by atoms with Crippen LogP contribution < -0.4 is 20.1 Å². The number of sulfonamides is 1. The van der Waals surface area contributed by atoms with Crippen molar-refractivity contribution in [2.45, 2.75) is 19.9 Å². The van der Waals surface area contributed by atoms with Crippen LogP contribution in [-0.4, -0.2) is 33.7 Å². The van der Waals surface area contributed by atoms with Gasteiger partial charge in [-0.2, -0.15) is 0 Å². The van der Waals surface area contributed by atoms with Crippen molar-refractivity contribution in [2.24, 2.45) is 0 Å². The number of rotatable bonds is 7. The predicted octanol–water partition coefficient (Wildman–Crippen LogP) is 2.95. The number of nitrogens with one attached hydrogen (secondary N) is 3. The third-order valence-electron chi connectivity index (χ3n) is 3.71. The summed E-state index contributed by atoms with van der Waals surface area (Å²) in [6, 6.07) is 8.54. The zero-order valence-electron chi connectivity index (χ0n) is 15.5. The first-order chi connectivity index (χ1) is 12.6. The standard InChI is InChI=1S/C18H22FN3O4S/c1-11-5-6-13(9-15(11)19)21-18(23)12(2)20-14-7-8-17(26-3)16(10-14)22-27(4,24)25/h5-10,12,20,22H,1-4H3,(H,21,23)/t12-/m1/s1. The molecule has 9 heteroatoms. The summed E-state index contributed by atoms with van der Waals surface area (Å²) in [5, 5.41) is 5.60. The Bertz CT molecular complexity index is 948. The maximum atomic E-state index is 13.6. The summed E-state index contributed by atoms with van der Waals surface area (Å²) in [6.07, 6.45) is 1.03. The molecule has 3 N–H and O–H groups in total. The minimum Gasteiger partial charge on any atom is -0.495 e. The lowest BCUT2D eigenvalue weighted by Crippen LogP contribution is -2.31. The van der Waals surface area contributed by atoms with Crippen molar-refractivity contribution < 1.29 is 22.3 Å². The molecule has 0 aromatic heterocycles. The molecule has 0 fully saturated rings. The van der Waals surface area contributed by atoms with Gasteiger partial charge in [0.15, 0.2) is 0 Å². The molecule has 7 nitrogen and oxygen atoms in total. The highest BCUT2D eigenvalue weighted by Crippen LogP contribution is 2.29. The first-order valence-corrected chi connectivity index (χ1v) is 9.97. The number of ether oxygens (including phenoxy) is 1. The number of benzene rings is 2. The molecule has 2 aromatic rings. The van der Waals surface area contributed by atoms with E-state index in [-0.39, 0.29) is 11.6 Å².